The van der Waals surface area contributed by atoms with Crippen molar-refractivity contribution in [1.29, 1.82) is 0 Å². The van der Waals surface area contributed by atoms with E-state index < -0.39 is 205 Å². The van der Waals surface area contributed by atoms with Crippen LogP contribution in [0.3, 0.4) is 0 Å². The highest BCUT2D eigenvalue weighted by atomic mass is 16.6. The highest BCUT2D eigenvalue weighted by Gasteiger charge is 2.57. The number of Topliss-reactive ketones (excluding diaryl/α,β-unsaturated/α-hetero) is 1. The van der Waals surface area contributed by atoms with Crippen LogP contribution in [0.2, 0.25) is 0 Å². The summed E-state index contributed by atoms with van der Waals surface area (Å²) in [7, 11) is 15.0. The van der Waals surface area contributed by atoms with Crippen molar-refractivity contribution in [1.82, 2.24) is 15.5 Å². The van der Waals surface area contributed by atoms with Crippen LogP contribution < -0.4 is 26.2 Å². The molecule has 5 rings (SSSR count). The number of cyclic esters (lactones) is 4. The molecule has 678 valence electrons. The number of nitrogens with one attached hydrogen (secondary N) is 2. The molecule has 35 nitrogen and oxygen atoms in total. The number of ketones is 1. The van der Waals surface area contributed by atoms with Gasteiger partial charge in [0.05, 0.1) is 116 Å². The van der Waals surface area contributed by atoms with Crippen molar-refractivity contribution in [3.05, 3.63) is 66.6 Å². The molecule has 0 aliphatic carbocycles. The van der Waals surface area contributed by atoms with Crippen LogP contribution in [-0.2, 0) is 105 Å². The lowest BCUT2D eigenvalue weighted by atomic mass is 9.73. The van der Waals surface area contributed by atoms with Gasteiger partial charge in [-0.15, -0.1) is 0 Å². The molecule has 35 heteroatoms. The van der Waals surface area contributed by atoms with E-state index in [0.717, 1.165) is 44.1 Å². The lowest BCUT2D eigenvalue weighted by Gasteiger charge is -2.37. The monoisotopic (exact) mass is 1700 g/mol. The minimum Gasteiger partial charge on any atom is -0.481 e. The van der Waals surface area contributed by atoms with Crippen molar-refractivity contribution >= 4 is 94.5 Å². The average Bonchev–Trinajstić information content (AvgIpc) is 1.60. The number of aliphatic hydroxyl groups is 2. The minimum atomic E-state index is -1.93. The van der Waals surface area contributed by atoms with E-state index in [-0.39, 0.29) is 76.2 Å². The Labute approximate surface area is 705 Å². The Kier molecular flexibility index (Phi) is 50.6. The number of hydrogen-bond donors (Lipinski definition) is 8. The molecule has 3 heterocycles. The maximum absolute atomic E-state index is 14.8. The number of carboxylic acid groups (broad SMARTS) is 3. The molecule has 0 aromatic heterocycles. The first-order valence-electron chi connectivity index (χ1n) is 40.5. The smallest absolute Gasteiger partial charge is 0.362 e. The molecule has 3 aliphatic heterocycles. The Balaban J connectivity index is 0.00000162. The highest BCUT2D eigenvalue weighted by molar-refractivity contribution is 6.06. The van der Waals surface area contributed by atoms with Crippen molar-refractivity contribution < 1.29 is 140 Å². The molecule has 3 saturated heterocycles. The van der Waals surface area contributed by atoms with Gasteiger partial charge in [0.1, 0.15) is 12.5 Å². The third-order valence-corrected chi connectivity index (χ3v) is 20.8. The number of nitrogens with two attached hydrogens (primary N) is 1. The number of nitrogens with zero attached hydrogens (tertiary/aromatic N) is 3. The van der Waals surface area contributed by atoms with Gasteiger partial charge in [-0.05, 0) is 132 Å². The Bertz CT molecular complexity index is 3550. The lowest BCUT2D eigenvalue weighted by Crippen LogP contribution is -2.50. The number of likely N-dealkylation sites (tertiary alicyclic amines) is 1. The first-order valence-corrected chi connectivity index (χ1v) is 40.5. The van der Waals surface area contributed by atoms with Gasteiger partial charge in [-0.2, -0.15) is 0 Å². The zero-order valence-corrected chi connectivity index (χ0v) is 73.7. The molecule has 0 radical (unpaired) electrons. The fraction of sp³-hybridized carbons (Fsp3) is 0.682. The van der Waals surface area contributed by atoms with E-state index in [1.54, 1.807) is 65.8 Å². The van der Waals surface area contributed by atoms with Gasteiger partial charge in [0.2, 0.25) is 23.6 Å². The van der Waals surface area contributed by atoms with Gasteiger partial charge in [0.25, 0.3) is 5.91 Å². The van der Waals surface area contributed by atoms with Crippen LogP contribution in [0.4, 0.5) is 11.4 Å². The van der Waals surface area contributed by atoms with Gasteiger partial charge >= 0.3 is 53.7 Å². The van der Waals surface area contributed by atoms with Crippen LogP contribution in [0, 0.1) is 95.7 Å². The number of ether oxygens (including phenoxy) is 10. The first kappa shape index (κ1) is 109. The fourth-order valence-electron chi connectivity index (χ4n) is 14.1. The van der Waals surface area contributed by atoms with E-state index in [2.05, 4.69) is 36.1 Å². The van der Waals surface area contributed by atoms with Crippen molar-refractivity contribution in [2.45, 2.75) is 164 Å². The largest absolute Gasteiger partial charge is 0.481 e. The standard InChI is InChI=1S/C58H88N4O22.C12H17NO2.C9H13O4.C4H11N.C2H6O/c1-15-38(77-10)46(57(75)83-22-21-59-48(63)32-17-19-33(20-18-32)61(8)9)36(53(69)70)26-41(80-13)45-34(50(65)62(51(45)66)28-30(5)6)23-40(79-12)44(49(64)60-27-29(3)4)35(52(67)68)24-42(81-14)47(56(74)82-16-2)37(54(71)72)25-39(78-11)43-31(7)55(73)84-58(43)76;1-13(2)11-7-5-10(6-8-11)12(15)4-3-9-14;1-4-6(12-3)7-5(2)8(10)13-9(7)11;1-4(2)3-5;1-2-3/h17-20,29-31,34-47H,15-16,21-28H2,1-14H3,(H,59,63)(H,60,64)(H,67,68)(H,69,70)(H,71,72);5-8,14H,3-4,9H2,1-2H3;5-7H,2,4H2,1,3H3;4H,3,5H2,1-2H3;3H,2H2,1H3/q;;+1;;. The van der Waals surface area contributed by atoms with Gasteiger partial charge in [-0.1, -0.05) is 62.3 Å². The van der Waals surface area contributed by atoms with Gasteiger partial charge in [0.15, 0.2) is 5.78 Å². The summed E-state index contributed by atoms with van der Waals surface area (Å²) in [5.74, 6) is -29.8. The summed E-state index contributed by atoms with van der Waals surface area (Å²) in [5.41, 5.74) is 8.16. The molecule has 3 fully saturated rings. The maximum Gasteiger partial charge on any atom is 0.362 e. The molecule has 120 heavy (non-hydrogen) atoms. The normalized spacial score (nSPS) is 19.8. The second-order valence-electron chi connectivity index (χ2n) is 30.9. The molecule has 9 N–H and O–H groups in total. The summed E-state index contributed by atoms with van der Waals surface area (Å²) in [5, 5.41) is 54.5. The molecule has 2 aromatic rings. The first-order chi connectivity index (χ1) is 56.5. The number of aliphatic hydroxyl groups excluding tert-OH is 2. The highest BCUT2D eigenvalue weighted by Crippen LogP contribution is 2.43. The number of carboxylic acids is 3. The average molecular weight is 1710 g/mol. The number of anilines is 2. The summed E-state index contributed by atoms with van der Waals surface area (Å²) in [6.45, 7) is 23.1. The number of methoxy groups -OCH3 is 6. The molecule has 4 amide bonds. The van der Waals surface area contributed by atoms with Crippen LogP contribution in [0.1, 0.15) is 148 Å². The SMILES string of the molecule is CC(C)CN.CCO.CCOC(=O)C(C(CC(C(=O)O)C(C(=O)NCC(C)C)C(CC1C(=O)N(CC(C)C)C(=O)C1C(CC(C(=O)O)C(C(=O)OCCNC(=O)c1ccc(N(C)C)cc1)C(CC)OC)OC)OC)OC)C(CC(OC)C1C(=O)OC(=O)C1C)C(=O)O.CN(C)c1ccc(C(=O)CCCO)cc1.[CH2+]C1C(=O)OC(=O)C1C(CC)OC. The van der Waals surface area contributed by atoms with Crippen LogP contribution in [0.25, 0.3) is 0 Å². The predicted octanol–water partition coefficient (Wildman–Crippen LogP) is 5.82. The molecule has 3 aliphatic rings. The Hall–Kier alpha value is -9.07. The van der Waals surface area contributed by atoms with Gasteiger partial charge in [-0.3, -0.25) is 67.2 Å². The van der Waals surface area contributed by atoms with Gasteiger partial charge in [0, 0.05) is 126 Å². The molecule has 2 aromatic carbocycles. The Morgan fingerprint density at radius 1 is 0.542 bits per heavy atom. The minimum absolute atomic E-state index is 0.000603. The van der Waals surface area contributed by atoms with Crippen molar-refractivity contribution in [3.8, 4) is 0 Å². The van der Waals surface area contributed by atoms with Gasteiger partial charge < -0.3 is 99.1 Å². The number of benzene rings is 2. The van der Waals surface area contributed by atoms with E-state index in [1.165, 1.54) is 35.2 Å². The summed E-state index contributed by atoms with van der Waals surface area (Å²) in [4.78, 5) is 190. The second-order valence-corrected chi connectivity index (χ2v) is 30.9. The number of rotatable bonds is 47. The zero-order valence-electron chi connectivity index (χ0n) is 73.7. The third kappa shape index (κ3) is 33.1. The predicted molar refractivity (Wildman–Crippen MR) is 440 cm³/mol. The quantitative estimate of drug-likeness (QED) is 0.00736. The van der Waals surface area contributed by atoms with Gasteiger partial charge in [-0.25, -0.2) is 4.79 Å². The number of imide groups is 1. The van der Waals surface area contributed by atoms with Crippen molar-refractivity contribution in [3.63, 3.8) is 0 Å². The van der Waals surface area contributed by atoms with E-state index in [4.69, 9.17) is 58.6 Å². The van der Waals surface area contributed by atoms with Crippen molar-refractivity contribution in [2.75, 3.05) is 133 Å². The number of esters is 6. The third-order valence-electron chi connectivity index (χ3n) is 20.8. The summed E-state index contributed by atoms with van der Waals surface area (Å²) in [6.07, 6.45) is -8.26. The Morgan fingerprint density at radius 3 is 1.38 bits per heavy atom. The molecule has 18 atom stereocenters. The second kappa shape index (κ2) is 55.8. The molecular weight excluding hydrogens is 1570 g/mol. The fourth-order valence-corrected chi connectivity index (χ4v) is 14.1. The van der Waals surface area contributed by atoms with E-state index >= 15 is 0 Å². The molecule has 0 saturated carbocycles. The maximum atomic E-state index is 14.8. The van der Waals surface area contributed by atoms with Crippen molar-refractivity contribution in [2.24, 2.45) is 94.5 Å². The molecule has 0 bridgehead atoms. The van der Waals surface area contributed by atoms with Crippen LogP contribution >= 0.6 is 0 Å². The van der Waals surface area contributed by atoms with Crippen LogP contribution in [-0.4, -0.2) is 274 Å². The topological polar surface area (TPSA) is 492 Å². The van der Waals surface area contributed by atoms with E-state index in [1.807, 2.05) is 69.2 Å². The molecule has 0 spiro atoms. The lowest BCUT2D eigenvalue weighted by molar-refractivity contribution is -0.169. The molecular formula is C85H135N6O29+. The summed E-state index contributed by atoms with van der Waals surface area (Å²) < 4.78 is 54.2. The summed E-state index contributed by atoms with van der Waals surface area (Å²) in [6, 6.07) is 14.3. The van der Waals surface area contributed by atoms with E-state index in [0.29, 0.717) is 36.3 Å². The summed E-state index contributed by atoms with van der Waals surface area (Å²) >= 11 is 0. The zero-order chi connectivity index (χ0) is 91.7. The number of hydrogen-bond acceptors (Lipinski definition) is 29. The van der Waals surface area contributed by atoms with Crippen LogP contribution in [0.5, 0.6) is 0 Å². The van der Waals surface area contributed by atoms with E-state index in [9.17, 15) is 82.4 Å². The van der Waals surface area contributed by atoms with Crippen LogP contribution in [0.15, 0.2) is 48.5 Å². The number of amides is 4. The number of aliphatic carboxylic acids is 3. The number of carbonyl (C=O) groups is 14. The molecule has 18 unspecified atom stereocenters. The number of carbonyl (C=O) groups excluding carboxylic acids is 11. The Morgan fingerprint density at radius 2 is 0.992 bits per heavy atom.